The number of nitrogens with zero attached hydrogens (tertiary/aromatic N) is 1. The van der Waals surface area contributed by atoms with Gasteiger partial charge in [0.2, 0.25) is 15.8 Å². The van der Waals surface area contributed by atoms with Crippen LogP contribution in [0.15, 0.2) is 45.9 Å². The van der Waals surface area contributed by atoms with Crippen molar-refractivity contribution in [3.63, 3.8) is 0 Å². The highest BCUT2D eigenvalue weighted by molar-refractivity contribution is 7.89. The van der Waals surface area contributed by atoms with Crippen molar-refractivity contribution in [2.45, 2.75) is 24.7 Å². The van der Waals surface area contributed by atoms with Crippen molar-refractivity contribution in [3.05, 3.63) is 47.9 Å². The Balaban J connectivity index is 1.55. The van der Waals surface area contributed by atoms with Crippen LogP contribution < -0.4 is 5.32 Å². The van der Waals surface area contributed by atoms with Gasteiger partial charge in [-0.2, -0.15) is 4.31 Å². The highest BCUT2D eigenvalue weighted by Gasteiger charge is 2.27. The molecule has 1 aliphatic rings. The first-order valence-electron chi connectivity index (χ1n) is 8.49. The molecule has 3 rings (SSSR count). The summed E-state index contributed by atoms with van der Waals surface area (Å²) in [4.78, 5) is 23.9. The number of rotatable bonds is 6. The van der Waals surface area contributed by atoms with E-state index in [4.69, 9.17) is 9.15 Å². The molecule has 0 spiro atoms. The molecule has 1 aliphatic heterocycles. The molecule has 1 aromatic carbocycles. The molecule has 1 aromatic heterocycles. The van der Waals surface area contributed by atoms with Gasteiger partial charge in [-0.05, 0) is 50.1 Å². The lowest BCUT2D eigenvalue weighted by Crippen LogP contribution is -2.27. The number of furan rings is 1. The van der Waals surface area contributed by atoms with E-state index in [1.165, 1.54) is 34.8 Å². The Kier molecular flexibility index (Phi) is 5.62. The maximum atomic E-state index is 12.5. The molecule has 0 unspecified atom stereocenters. The van der Waals surface area contributed by atoms with E-state index in [-0.39, 0.29) is 10.7 Å². The molecule has 2 heterocycles. The molecule has 9 heteroatoms. The lowest BCUT2D eigenvalue weighted by atomic mass is 10.3. The summed E-state index contributed by atoms with van der Waals surface area (Å²) in [7, 11) is -3.49. The second kappa shape index (κ2) is 7.93. The number of carbonyl (C=O) groups is 2. The van der Waals surface area contributed by atoms with Gasteiger partial charge in [-0.1, -0.05) is 0 Å². The van der Waals surface area contributed by atoms with Gasteiger partial charge in [0.1, 0.15) is 0 Å². The molecule has 0 radical (unpaired) electrons. The van der Waals surface area contributed by atoms with E-state index >= 15 is 0 Å². The monoisotopic (exact) mass is 392 g/mol. The standard InChI is InChI=1S/C18H20N2O6S/c1-13-8-11-25-17(13)18(22)26-12-16(21)19-14-4-6-15(7-5-14)27(23,24)20-9-2-3-10-20/h4-8,11H,2-3,9-10,12H2,1H3,(H,19,21). The van der Waals surface area contributed by atoms with E-state index in [1.807, 2.05) is 0 Å². The Bertz CT molecular complexity index is 927. The first-order chi connectivity index (χ1) is 12.9. The van der Waals surface area contributed by atoms with E-state index in [9.17, 15) is 18.0 Å². The van der Waals surface area contributed by atoms with Crippen molar-refractivity contribution in [1.82, 2.24) is 4.31 Å². The van der Waals surface area contributed by atoms with Crippen LogP contribution in [0.25, 0.3) is 0 Å². The van der Waals surface area contributed by atoms with Gasteiger partial charge in [-0.15, -0.1) is 0 Å². The van der Waals surface area contributed by atoms with Crippen LogP contribution in [-0.4, -0.2) is 44.3 Å². The molecule has 1 saturated heterocycles. The summed E-state index contributed by atoms with van der Waals surface area (Å²) in [6.45, 7) is 2.27. The molecule has 144 valence electrons. The number of sulfonamides is 1. The van der Waals surface area contributed by atoms with Crippen molar-refractivity contribution >= 4 is 27.6 Å². The molecule has 0 aliphatic carbocycles. The molecule has 1 amide bonds. The molecule has 0 bridgehead atoms. The number of carbonyl (C=O) groups excluding carboxylic acids is 2. The van der Waals surface area contributed by atoms with Crippen molar-refractivity contribution < 1.29 is 27.2 Å². The Morgan fingerprint density at radius 1 is 1.15 bits per heavy atom. The molecule has 1 N–H and O–H groups in total. The number of esters is 1. The average Bonchev–Trinajstić information content (AvgIpc) is 3.32. The van der Waals surface area contributed by atoms with E-state index in [2.05, 4.69) is 5.32 Å². The van der Waals surface area contributed by atoms with Crippen LogP contribution in [0.4, 0.5) is 5.69 Å². The average molecular weight is 392 g/mol. The van der Waals surface area contributed by atoms with Crippen molar-refractivity contribution in [1.29, 1.82) is 0 Å². The summed E-state index contributed by atoms with van der Waals surface area (Å²) in [5, 5.41) is 2.55. The lowest BCUT2D eigenvalue weighted by Gasteiger charge is -2.15. The van der Waals surface area contributed by atoms with Crippen LogP contribution in [0, 0.1) is 6.92 Å². The van der Waals surface area contributed by atoms with Crippen LogP contribution in [0.2, 0.25) is 0 Å². The van der Waals surface area contributed by atoms with Crippen molar-refractivity contribution in [3.8, 4) is 0 Å². The quantitative estimate of drug-likeness (QED) is 0.755. The summed E-state index contributed by atoms with van der Waals surface area (Å²) in [6.07, 6.45) is 3.09. The van der Waals surface area contributed by atoms with Crippen LogP contribution >= 0.6 is 0 Å². The fourth-order valence-electron chi connectivity index (χ4n) is 2.76. The Morgan fingerprint density at radius 3 is 2.41 bits per heavy atom. The molecule has 0 saturated carbocycles. The topological polar surface area (TPSA) is 106 Å². The van der Waals surface area contributed by atoms with Crippen LogP contribution in [0.3, 0.4) is 0 Å². The van der Waals surface area contributed by atoms with Crippen LogP contribution in [-0.2, 0) is 19.6 Å². The third kappa shape index (κ3) is 4.37. The van der Waals surface area contributed by atoms with Crippen molar-refractivity contribution in [2.75, 3.05) is 25.0 Å². The van der Waals surface area contributed by atoms with Crippen LogP contribution in [0.1, 0.15) is 29.0 Å². The molecular formula is C18H20N2O6S. The lowest BCUT2D eigenvalue weighted by molar-refractivity contribution is -0.119. The molecule has 8 nitrogen and oxygen atoms in total. The van der Waals surface area contributed by atoms with Crippen molar-refractivity contribution in [2.24, 2.45) is 0 Å². The van der Waals surface area contributed by atoms with Gasteiger partial charge in [-0.3, -0.25) is 4.79 Å². The van der Waals surface area contributed by atoms with Gasteiger partial charge in [0.15, 0.2) is 6.61 Å². The maximum absolute atomic E-state index is 12.5. The van der Waals surface area contributed by atoms with Gasteiger partial charge < -0.3 is 14.5 Å². The van der Waals surface area contributed by atoms with E-state index in [0.29, 0.717) is 24.3 Å². The maximum Gasteiger partial charge on any atom is 0.375 e. The Hall–Kier alpha value is -2.65. The molecule has 0 atom stereocenters. The number of benzene rings is 1. The van der Waals surface area contributed by atoms with E-state index in [1.54, 1.807) is 13.0 Å². The molecular weight excluding hydrogens is 372 g/mol. The third-order valence-corrected chi connectivity index (χ3v) is 6.14. The SMILES string of the molecule is Cc1ccoc1C(=O)OCC(=O)Nc1ccc(S(=O)(=O)N2CCCC2)cc1. The number of hydrogen-bond acceptors (Lipinski definition) is 6. The largest absolute Gasteiger partial charge is 0.457 e. The van der Waals surface area contributed by atoms with Gasteiger partial charge in [0.05, 0.1) is 11.2 Å². The minimum Gasteiger partial charge on any atom is -0.457 e. The van der Waals surface area contributed by atoms with Gasteiger partial charge in [0, 0.05) is 24.3 Å². The van der Waals surface area contributed by atoms with Gasteiger partial charge in [-0.25, -0.2) is 13.2 Å². The first kappa shape index (κ1) is 19.1. The van der Waals surface area contributed by atoms with Gasteiger partial charge >= 0.3 is 5.97 Å². The van der Waals surface area contributed by atoms with Crippen LogP contribution in [0.5, 0.6) is 0 Å². The first-order valence-corrected chi connectivity index (χ1v) is 9.93. The highest BCUT2D eigenvalue weighted by atomic mass is 32.2. The summed E-state index contributed by atoms with van der Waals surface area (Å²) in [5.74, 6) is -1.21. The third-order valence-electron chi connectivity index (χ3n) is 4.22. The summed E-state index contributed by atoms with van der Waals surface area (Å²) in [5.41, 5.74) is 1.03. The minimum absolute atomic E-state index is 0.0549. The smallest absolute Gasteiger partial charge is 0.375 e. The van der Waals surface area contributed by atoms with E-state index < -0.39 is 28.5 Å². The second-order valence-corrected chi connectivity index (χ2v) is 8.13. The second-order valence-electron chi connectivity index (χ2n) is 6.19. The summed E-state index contributed by atoms with van der Waals surface area (Å²) in [6, 6.07) is 7.51. The molecule has 2 aromatic rings. The normalized spacial score (nSPS) is 14.9. The number of aryl methyl sites for hydroxylation is 1. The molecule has 27 heavy (non-hydrogen) atoms. The number of ether oxygens (including phenoxy) is 1. The highest BCUT2D eigenvalue weighted by Crippen LogP contribution is 2.22. The Morgan fingerprint density at radius 2 is 1.81 bits per heavy atom. The number of hydrogen-bond donors (Lipinski definition) is 1. The predicted octanol–water partition coefficient (Wildman–Crippen LogP) is 2.17. The zero-order valence-corrected chi connectivity index (χ0v) is 15.6. The number of amides is 1. The van der Waals surface area contributed by atoms with E-state index in [0.717, 1.165) is 12.8 Å². The zero-order valence-electron chi connectivity index (χ0n) is 14.8. The fraction of sp³-hybridized carbons (Fsp3) is 0.333. The molecule has 1 fully saturated rings. The van der Waals surface area contributed by atoms with Gasteiger partial charge in [0.25, 0.3) is 5.91 Å². The Labute approximate surface area is 157 Å². The number of anilines is 1. The summed E-state index contributed by atoms with van der Waals surface area (Å²) < 4.78 is 36.3. The summed E-state index contributed by atoms with van der Waals surface area (Å²) >= 11 is 0. The fourth-order valence-corrected chi connectivity index (χ4v) is 4.28. The minimum atomic E-state index is -3.49. The predicted molar refractivity (Wildman–Crippen MR) is 96.8 cm³/mol. The number of nitrogens with one attached hydrogen (secondary N) is 1. The zero-order chi connectivity index (χ0) is 19.4.